The van der Waals surface area contributed by atoms with Crippen LogP contribution in [0.4, 0.5) is 0 Å². The number of fused-ring (bicyclic) bond motifs is 1. The van der Waals surface area contributed by atoms with E-state index >= 15 is 0 Å². The minimum atomic E-state index is -0.0440. The molecule has 2 rings (SSSR count). The normalized spacial score (nSPS) is 10.4. The van der Waals surface area contributed by atoms with Gasteiger partial charge in [-0.1, -0.05) is 0 Å². The van der Waals surface area contributed by atoms with Crippen LogP contribution in [0.15, 0.2) is 18.6 Å². The van der Waals surface area contributed by atoms with Crippen LogP contribution in [0.3, 0.4) is 0 Å². The van der Waals surface area contributed by atoms with E-state index in [9.17, 15) is 4.79 Å². The highest BCUT2D eigenvalue weighted by molar-refractivity contribution is 5.96. The number of hydrogen-bond donors (Lipinski definition) is 0. The van der Waals surface area contributed by atoms with Crippen LogP contribution in [-0.2, 0) is 0 Å². The van der Waals surface area contributed by atoms with Gasteiger partial charge in [-0.2, -0.15) is 0 Å². The molecule has 2 aromatic rings. The van der Waals surface area contributed by atoms with Gasteiger partial charge in [0.1, 0.15) is 12.1 Å². The van der Waals surface area contributed by atoms with Crippen LogP contribution in [0.5, 0.6) is 5.75 Å². The molecule has 5 nitrogen and oxygen atoms in total. The summed E-state index contributed by atoms with van der Waals surface area (Å²) in [6.45, 7) is 1.49. The fourth-order valence-electron chi connectivity index (χ4n) is 1.29. The van der Waals surface area contributed by atoms with Gasteiger partial charge in [0.15, 0.2) is 11.4 Å². The fourth-order valence-corrected chi connectivity index (χ4v) is 1.29. The Balaban J connectivity index is 2.72. The molecule has 14 heavy (non-hydrogen) atoms. The van der Waals surface area contributed by atoms with Crippen LogP contribution in [0.1, 0.15) is 17.3 Å². The van der Waals surface area contributed by atoms with Gasteiger partial charge >= 0.3 is 0 Å². The van der Waals surface area contributed by atoms with E-state index in [-0.39, 0.29) is 5.78 Å². The van der Waals surface area contributed by atoms with E-state index in [2.05, 4.69) is 10.2 Å². The number of ether oxygens (including phenoxy) is 1. The third-order valence-electron chi connectivity index (χ3n) is 1.99. The Morgan fingerprint density at radius 2 is 2.36 bits per heavy atom. The van der Waals surface area contributed by atoms with Crippen molar-refractivity contribution in [2.75, 3.05) is 7.11 Å². The number of nitrogens with zero attached hydrogens (tertiary/aromatic N) is 3. The van der Waals surface area contributed by atoms with Gasteiger partial charge in [0.25, 0.3) is 0 Å². The van der Waals surface area contributed by atoms with Gasteiger partial charge < -0.3 is 4.74 Å². The Kier molecular flexibility index (Phi) is 1.92. The molecule has 0 bridgehead atoms. The molecule has 0 unspecified atom stereocenters. The first-order valence-corrected chi connectivity index (χ1v) is 4.10. The summed E-state index contributed by atoms with van der Waals surface area (Å²) in [5, 5.41) is 7.57. The van der Waals surface area contributed by atoms with E-state index in [1.165, 1.54) is 14.0 Å². The number of carbonyl (C=O) groups is 1. The number of pyridine rings is 1. The predicted molar refractivity (Wildman–Crippen MR) is 49.5 cm³/mol. The maximum Gasteiger partial charge on any atom is 0.165 e. The summed E-state index contributed by atoms with van der Waals surface area (Å²) in [4.78, 5) is 11.3. The maximum atomic E-state index is 11.3. The van der Waals surface area contributed by atoms with Crippen molar-refractivity contribution in [1.29, 1.82) is 0 Å². The Labute approximate surface area is 80.3 Å². The minimum Gasteiger partial charge on any atom is -0.496 e. The van der Waals surface area contributed by atoms with Gasteiger partial charge in [0.2, 0.25) is 0 Å². The van der Waals surface area contributed by atoms with E-state index in [1.807, 2.05) is 0 Å². The summed E-state index contributed by atoms with van der Waals surface area (Å²) in [6, 6.07) is 1.68. The Morgan fingerprint density at radius 1 is 1.57 bits per heavy atom. The maximum absolute atomic E-state index is 11.3. The lowest BCUT2D eigenvalue weighted by Gasteiger charge is -2.05. The van der Waals surface area contributed by atoms with Crippen molar-refractivity contribution in [1.82, 2.24) is 14.6 Å². The zero-order valence-corrected chi connectivity index (χ0v) is 7.89. The van der Waals surface area contributed by atoms with Gasteiger partial charge in [-0.3, -0.25) is 9.20 Å². The highest BCUT2D eigenvalue weighted by atomic mass is 16.5. The molecule has 0 saturated heterocycles. The average molecular weight is 191 g/mol. The number of rotatable bonds is 2. The zero-order chi connectivity index (χ0) is 10.1. The van der Waals surface area contributed by atoms with Gasteiger partial charge in [-0.15, -0.1) is 10.2 Å². The zero-order valence-electron chi connectivity index (χ0n) is 7.89. The van der Waals surface area contributed by atoms with Crippen molar-refractivity contribution in [2.24, 2.45) is 0 Å². The monoisotopic (exact) mass is 191 g/mol. The molecule has 2 aromatic heterocycles. The lowest BCUT2D eigenvalue weighted by Crippen LogP contribution is -2.00. The number of methoxy groups -OCH3 is 1. The first-order chi connectivity index (χ1) is 6.72. The topological polar surface area (TPSA) is 56.5 Å². The van der Waals surface area contributed by atoms with E-state index in [0.717, 1.165) is 0 Å². The lowest BCUT2D eigenvalue weighted by atomic mass is 10.2. The molecular formula is C9H9N3O2. The molecule has 0 aliphatic heterocycles. The fraction of sp³-hybridized carbons (Fsp3) is 0.222. The van der Waals surface area contributed by atoms with Gasteiger partial charge in [0, 0.05) is 12.3 Å². The second-order valence-corrected chi connectivity index (χ2v) is 2.91. The van der Waals surface area contributed by atoms with E-state index < -0.39 is 0 Å². The summed E-state index contributed by atoms with van der Waals surface area (Å²) < 4.78 is 6.76. The summed E-state index contributed by atoms with van der Waals surface area (Å²) >= 11 is 0. The highest BCUT2D eigenvalue weighted by Gasteiger charge is 2.10. The molecule has 2 heterocycles. The highest BCUT2D eigenvalue weighted by Crippen LogP contribution is 2.19. The molecule has 0 saturated carbocycles. The van der Waals surface area contributed by atoms with E-state index in [4.69, 9.17) is 4.74 Å². The first kappa shape index (κ1) is 8.68. The third-order valence-corrected chi connectivity index (χ3v) is 1.99. The van der Waals surface area contributed by atoms with Crippen molar-refractivity contribution in [3.05, 3.63) is 24.2 Å². The number of carbonyl (C=O) groups excluding carboxylic acids is 1. The van der Waals surface area contributed by atoms with Crippen LogP contribution in [0, 0.1) is 0 Å². The van der Waals surface area contributed by atoms with Crippen molar-refractivity contribution in [2.45, 2.75) is 6.92 Å². The summed E-state index contributed by atoms with van der Waals surface area (Å²) in [7, 11) is 1.52. The Bertz CT molecular complexity index is 490. The van der Waals surface area contributed by atoms with Crippen LogP contribution in [0.25, 0.3) is 5.65 Å². The predicted octanol–water partition coefficient (Wildman–Crippen LogP) is 0.940. The molecule has 5 heteroatoms. The van der Waals surface area contributed by atoms with Crippen LogP contribution >= 0.6 is 0 Å². The molecule has 0 N–H and O–H groups in total. The van der Waals surface area contributed by atoms with Crippen molar-refractivity contribution < 1.29 is 9.53 Å². The van der Waals surface area contributed by atoms with Gasteiger partial charge in [-0.25, -0.2) is 0 Å². The molecule has 72 valence electrons. The molecule has 0 aliphatic rings. The molecule has 0 spiro atoms. The molecule has 0 atom stereocenters. The minimum absolute atomic E-state index is 0.0440. The third kappa shape index (κ3) is 1.22. The molecule has 0 radical (unpaired) electrons. The Hall–Kier alpha value is -1.91. The molecule has 0 aliphatic carbocycles. The molecule has 0 aromatic carbocycles. The van der Waals surface area contributed by atoms with Crippen molar-refractivity contribution in [3.63, 3.8) is 0 Å². The van der Waals surface area contributed by atoms with E-state index in [1.54, 1.807) is 23.0 Å². The van der Waals surface area contributed by atoms with E-state index in [0.29, 0.717) is 17.0 Å². The van der Waals surface area contributed by atoms with Crippen LogP contribution in [0.2, 0.25) is 0 Å². The molecular weight excluding hydrogens is 182 g/mol. The SMILES string of the molecule is COc1cc2nncn2cc1C(C)=O. The first-order valence-electron chi connectivity index (χ1n) is 4.10. The van der Waals surface area contributed by atoms with Crippen LogP contribution < -0.4 is 4.74 Å². The Morgan fingerprint density at radius 3 is 3.00 bits per heavy atom. The van der Waals surface area contributed by atoms with Gasteiger partial charge in [-0.05, 0) is 6.92 Å². The summed E-state index contributed by atoms with van der Waals surface area (Å²) in [5.41, 5.74) is 1.19. The number of hydrogen-bond acceptors (Lipinski definition) is 4. The van der Waals surface area contributed by atoms with Crippen molar-refractivity contribution in [3.8, 4) is 5.75 Å². The quantitative estimate of drug-likeness (QED) is 0.663. The largest absolute Gasteiger partial charge is 0.496 e. The second kappa shape index (κ2) is 3.10. The molecule has 0 fully saturated rings. The molecule has 0 amide bonds. The average Bonchev–Trinajstić information content (AvgIpc) is 2.62. The van der Waals surface area contributed by atoms with Gasteiger partial charge in [0.05, 0.1) is 12.7 Å². The number of ketones is 1. The van der Waals surface area contributed by atoms with Crippen LogP contribution in [-0.4, -0.2) is 27.5 Å². The smallest absolute Gasteiger partial charge is 0.165 e. The van der Waals surface area contributed by atoms with Crippen molar-refractivity contribution >= 4 is 11.4 Å². The number of aromatic nitrogens is 3. The summed E-state index contributed by atoms with van der Waals surface area (Å²) in [5.74, 6) is 0.482. The lowest BCUT2D eigenvalue weighted by molar-refractivity contribution is 0.101. The number of Topliss-reactive ketones (excluding diaryl/α,β-unsaturated/α-hetero) is 1. The standard InChI is InChI=1S/C9H9N3O2/c1-6(13)7-4-12-5-10-11-9(12)3-8(7)14-2/h3-5H,1-2H3. The summed E-state index contributed by atoms with van der Waals surface area (Å²) in [6.07, 6.45) is 3.21. The second-order valence-electron chi connectivity index (χ2n) is 2.91.